The third kappa shape index (κ3) is 5.89. The molecule has 0 saturated heterocycles. The Hall–Kier alpha value is -0.420. The first-order valence-electron chi connectivity index (χ1n) is 5.22. The molecule has 0 radical (unpaired) electrons. The molecule has 0 spiro atoms. The average Bonchev–Trinajstić information content (AvgIpc) is 2.74. The van der Waals surface area contributed by atoms with Crippen molar-refractivity contribution in [1.29, 1.82) is 0 Å². The smallest absolute Gasteiger partial charge is 0.0589 e. The third-order valence-electron chi connectivity index (χ3n) is 2.26. The van der Waals surface area contributed by atoms with Crippen LogP contribution in [0.1, 0.15) is 5.56 Å². The Morgan fingerprint density at radius 3 is 3.00 bits per heavy atom. The summed E-state index contributed by atoms with van der Waals surface area (Å²) in [6, 6.07) is 2.16. The predicted molar refractivity (Wildman–Crippen MR) is 65.4 cm³/mol. The Labute approximate surface area is 96.0 Å². The molecule has 1 N–H and O–H groups in total. The SMILES string of the molecule is COCCN(C)CCNCc1ccsc1. The number of ether oxygens (including phenoxy) is 1. The van der Waals surface area contributed by atoms with Crippen molar-refractivity contribution in [1.82, 2.24) is 10.2 Å². The molecule has 0 aliphatic rings. The van der Waals surface area contributed by atoms with Gasteiger partial charge >= 0.3 is 0 Å². The maximum atomic E-state index is 5.02. The first-order chi connectivity index (χ1) is 7.33. The summed E-state index contributed by atoms with van der Waals surface area (Å²) >= 11 is 1.75. The summed E-state index contributed by atoms with van der Waals surface area (Å²) in [5.74, 6) is 0. The number of hydrogen-bond donors (Lipinski definition) is 1. The molecular formula is C11H20N2OS. The van der Waals surface area contributed by atoms with Gasteiger partial charge in [-0.3, -0.25) is 0 Å². The molecule has 1 aromatic heterocycles. The van der Waals surface area contributed by atoms with Gasteiger partial charge in [0, 0.05) is 33.3 Å². The number of likely N-dealkylation sites (N-methyl/N-ethyl adjacent to an activating group) is 1. The zero-order valence-electron chi connectivity index (χ0n) is 9.53. The van der Waals surface area contributed by atoms with Crippen LogP contribution in [0.25, 0.3) is 0 Å². The van der Waals surface area contributed by atoms with Crippen molar-refractivity contribution in [3.8, 4) is 0 Å². The highest BCUT2D eigenvalue weighted by Gasteiger charge is 1.97. The van der Waals surface area contributed by atoms with Gasteiger partial charge in [0.05, 0.1) is 6.61 Å². The summed E-state index contributed by atoms with van der Waals surface area (Å²) < 4.78 is 5.02. The van der Waals surface area contributed by atoms with E-state index in [1.807, 2.05) is 0 Å². The normalized spacial score (nSPS) is 11.1. The van der Waals surface area contributed by atoms with Gasteiger partial charge in [-0.05, 0) is 29.4 Å². The maximum Gasteiger partial charge on any atom is 0.0589 e. The van der Waals surface area contributed by atoms with Crippen LogP contribution in [0.4, 0.5) is 0 Å². The Bertz CT molecular complexity index is 239. The first kappa shape index (κ1) is 12.6. The number of nitrogens with one attached hydrogen (secondary N) is 1. The van der Waals surface area contributed by atoms with E-state index in [2.05, 4.69) is 34.1 Å². The molecule has 0 atom stereocenters. The van der Waals surface area contributed by atoms with Gasteiger partial charge in [-0.1, -0.05) is 0 Å². The van der Waals surface area contributed by atoms with Crippen LogP contribution >= 0.6 is 11.3 Å². The Morgan fingerprint density at radius 1 is 1.47 bits per heavy atom. The van der Waals surface area contributed by atoms with Crippen molar-refractivity contribution in [2.24, 2.45) is 0 Å². The number of thiophene rings is 1. The summed E-state index contributed by atoms with van der Waals surface area (Å²) in [5, 5.41) is 7.71. The topological polar surface area (TPSA) is 24.5 Å². The molecule has 0 amide bonds. The molecule has 1 rings (SSSR count). The number of hydrogen-bond acceptors (Lipinski definition) is 4. The number of methoxy groups -OCH3 is 1. The summed E-state index contributed by atoms with van der Waals surface area (Å²) in [6.07, 6.45) is 0. The highest BCUT2D eigenvalue weighted by molar-refractivity contribution is 7.07. The summed E-state index contributed by atoms with van der Waals surface area (Å²) in [5.41, 5.74) is 1.37. The van der Waals surface area contributed by atoms with Gasteiger partial charge in [-0.2, -0.15) is 11.3 Å². The lowest BCUT2D eigenvalue weighted by Gasteiger charge is -2.15. The molecule has 0 bridgehead atoms. The lowest BCUT2D eigenvalue weighted by molar-refractivity contribution is 0.161. The zero-order chi connectivity index (χ0) is 10.9. The van der Waals surface area contributed by atoms with Crippen LogP contribution in [0, 0.1) is 0 Å². The van der Waals surface area contributed by atoms with Crippen LogP contribution < -0.4 is 5.32 Å². The highest BCUT2D eigenvalue weighted by Crippen LogP contribution is 2.04. The minimum Gasteiger partial charge on any atom is -0.383 e. The lowest BCUT2D eigenvalue weighted by atomic mass is 10.3. The van der Waals surface area contributed by atoms with Crippen LogP contribution in [-0.2, 0) is 11.3 Å². The van der Waals surface area contributed by atoms with Gasteiger partial charge in [-0.15, -0.1) is 0 Å². The second kappa shape index (κ2) is 7.82. The van der Waals surface area contributed by atoms with Crippen LogP contribution in [0.5, 0.6) is 0 Å². The molecule has 1 aromatic rings. The molecule has 0 unspecified atom stereocenters. The molecule has 0 saturated carbocycles. The van der Waals surface area contributed by atoms with E-state index in [4.69, 9.17) is 4.74 Å². The van der Waals surface area contributed by atoms with E-state index in [0.717, 1.165) is 32.8 Å². The van der Waals surface area contributed by atoms with Crippen molar-refractivity contribution in [2.45, 2.75) is 6.54 Å². The molecule has 3 nitrogen and oxygen atoms in total. The molecule has 15 heavy (non-hydrogen) atoms. The van der Waals surface area contributed by atoms with Gasteiger partial charge in [-0.25, -0.2) is 0 Å². The van der Waals surface area contributed by atoms with E-state index >= 15 is 0 Å². The molecule has 0 aromatic carbocycles. The molecule has 86 valence electrons. The van der Waals surface area contributed by atoms with Gasteiger partial charge in [0.25, 0.3) is 0 Å². The minimum absolute atomic E-state index is 0.807. The van der Waals surface area contributed by atoms with Crippen LogP contribution in [0.2, 0.25) is 0 Å². The zero-order valence-corrected chi connectivity index (χ0v) is 10.3. The standard InChI is InChI=1S/C11H20N2OS/c1-13(6-7-14-2)5-4-12-9-11-3-8-15-10-11/h3,8,10,12H,4-7,9H2,1-2H3. The minimum atomic E-state index is 0.807. The second-order valence-electron chi connectivity index (χ2n) is 3.60. The lowest BCUT2D eigenvalue weighted by Crippen LogP contribution is -2.31. The summed E-state index contributed by atoms with van der Waals surface area (Å²) in [7, 11) is 3.86. The maximum absolute atomic E-state index is 5.02. The summed E-state index contributed by atoms with van der Waals surface area (Å²) in [4.78, 5) is 2.27. The third-order valence-corrected chi connectivity index (χ3v) is 2.99. The quantitative estimate of drug-likeness (QED) is 0.681. The largest absolute Gasteiger partial charge is 0.383 e. The first-order valence-corrected chi connectivity index (χ1v) is 6.16. The van der Waals surface area contributed by atoms with E-state index in [1.165, 1.54) is 5.56 Å². The second-order valence-corrected chi connectivity index (χ2v) is 4.38. The van der Waals surface area contributed by atoms with Crippen LogP contribution in [0.3, 0.4) is 0 Å². The van der Waals surface area contributed by atoms with Crippen molar-refractivity contribution in [2.75, 3.05) is 40.4 Å². The molecular weight excluding hydrogens is 208 g/mol. The van der Waals surface area contributed by atoms with E-state index in [9.17, 15) is 0 Å². The van der Waals surface area contributed by atoms with Crippen molar-refractivity contribution < 1.29 is 4.74 Å². The van der Waals surface area contributed by atoms with E-state index < -0.39 is 0 Å². The Kier molecular flexibility index (Phi) is 6.59. The van der Waals surface area contributed by atoms with E-state index in [1.54, 1.807) is 18.4 Å². The van der Waals surface area contributed by atoms with Crippen molar-refractivity contribution in [3.05, 3.63) is 22.4 Å². The van der Waals surface area contributed by atoms with Crippen LogP contribution in [0.15, 0.2) is 16.8 Å². The highest BCUT2D eigenvalue weighted by atomic mass is 32.1. The Morgan fingerprint density at radius 2 is 2.33 bits per heavy atom. The average molecular weight is 228 g/mol. The number of nitrogens with zero attached hydrogens (tertiary/aromatic N) is 1. The van der Waals surface area contributed by atoms with Gasteiger partial charge < -0.3 is 15.0 Å². The van der Waals surface area contributed by atoms with Gasteiger partial charge in [0.2, 0.25) is 0 Å². The monoisotopic (exact) mass is 228 g/mol. The van der Waals surface area contributed by atoms with Gasteiger partial charge in [0.15, 0.2) is 0 Å². The molecule has 4 heteroatoms. The fraction of sp³-hybridized carbons (Fsp3) is 0.636. The summed E-state index contributed by atoms with van der Waals surface area (Å²) in [6.45, 7) is 4.86. The van der Waals surface area contributed by atoms with Crippen LogP contribution in [-0.4, -0.2) is 45.3 Å². The molecule has 0 aliphatic carbocycles. The fourth-order valence-electron chi connectivity index (χ4n) is 1.25. The number of rotatable bonds is 8. The van der Waals surface area contributed by atoms with E-state index in [-0.39, 0.29) is 0 Å². The Balaban J connectivity index is 1.97. The van der Waals surface area contributed by atoms with Crippen molar-refractivity contribution in [3.63, 3.8) is 0 Å². The molecule has 0 fully saturated rings. The van der Waals surface area contributed by atoms with Crippen molar-refractivity contribution >= 4 is 11.3 Å². The fourth-order valence-corrected chi connectivity index (χ4v) is 1.92. The molecule has 0 aliphatic heterocycles. The van der Waals surface area contributed by atoms with E-state index in [0.29, 0.717) is 0 Å². The predicted octanol–water partition coefficient (Wildman–Crippen LogP) is 1.42. The van der Waals surface area contributed by atoms with Gasteiger partial charge in [0.1, 0.15) is 0 Å². The molecule has 1 heterocycles.